The number of aliphatic imine (C=N–C) groups is 1. The van der Waals surface area contributed by atoms with Gasteiger partial charge in [0.15, 0.2) is 0 Å². The predicted molar refractivity (Wildman–Crippen MR) is 50.8 cm³/mol. The maximum atomic E-state index is 10.1. The third kappa shape index (κ3) is 2.23. The quantitative estimate of drug-likeness (QED) is 0.513. The van der Waals surface area contributed by atoms with E-state index in [9.17, 15) is 4.79 Å². The van der Waals surface area contributed by atoms with Gasteiger partial charge >= 0.3 is 0 Å². The molecular formula is C10H12N2O. The lowest BCUT2D eigenvalue weighted by molar-refractivity contribution is 0.565. The van der Waals surface area contributed by atoms with Crippen LogP contribution in [0.15, 0.2) is 17.3 Å². The maximum absolute atomic E-state index is 10.1. The van der Waals surface area contributed by atoms with E-state index in [1.807, 2.05) is 19.2 Å². The smallest absolute Gasteiger partial charge is 0.240 e. The summed E-state index contributed by atoms with van der Waals surface area (Å²) in [7, 11) is 0. The standard InChI is InChI=1S/C10H12N2O/c1-7(2)9-4-10(12-6-13)8(3)11-5-9/h4-5,7H,1-3H3. The normalized spacial score (nSPS) is 9.85. The SMILES string of the molecule is Cc1ncc(C(C)C)cc1N=C=O. The molecule has 0 aliphatic heterocycles. The molecule has 3 nitrogen and oxygen atoms in total. The fraction of sp³-hybridized carbons (Fsp3) is 0.400. The molecule has 0 spiro atoms. The second-order valence-corrected chi connectivity index (χ2v) is 3.23. The van der Waals surface area contributed by atoms with Gasteiger partial charge in [0, 0.05) is 6.20 Å². The molecule has 0 N–H and O–H groups in total. The van der Waals surface area contributed by atoms with Crippen molar-refractivity contribution in [2.24, 2.45) is 4.99 Å². The van der Waals surface area contributed by atoms with E-state index in [1.165, 1.54) is 6.08 Å². The van der Waals surface area contributed by atoms with Crippen molar-refractivity contribution < 1.29 is 4.79 Å². The molecule has 0 saturated heterocycles. The van der Waals surface area contributed by atoms with Gasteiger partial charge in [-0.15, -0.1) is 0 Å². The minimum atomic E-state index is 0.397. The van der Waals surface area contributed by atoms with Gasteiger partial charge in [0.2, 0.25) is 6.08 Å². The van der Waals surface area contributed by atoms with E-state index in [4.69, 9.17) is 0 Å². The molecular weight excluding hydrogens is 164 g/mol. The number of rotatable bonds is 2. The van der Waals surface area contributed by atoms with Crippen LogP contribution in [-0.4, -0.2) is 11.1 Å². The molecule has 0 unspecified atom stereocenters. The molecule has 0 saturated carbocycles. The molecule has 0 bridgehead atoms. The van der Waals surface area contributed by atoms with Gasteiger partial charge in [-0.05, 0) is 24.5 Å². The van der Waals surface area contributed by atoms with Gasteiger partial charge in [0.05, 0.1) is 11.4 Å². The molecule has 3 heteroatoms. The zero-order valence-electron chi connectivity index (χ0n) is 8.03. The highest BCUT2D eigenvalue weighted by molar-refractivity contribution is 5.52. The molecule has 0 fully saturated rings. The number of hydrogen-bond donors (Lipinski definition) is 0. The fourth-order valence-electron chi connectivity index (χ4n) is 1.02. The minimum Gasteiger partial charge on any atom is -0.259 e. The van der Waals surface area contributed by atoms with E-state index in [2.05, 4.69) is 23.8 Å². The lowest BCUT2D eigenvalue weighted by Gasteiger charge is -2.05. The Morgan fingerprint density at radius 2 is 2.23 bits per heavy atom. The summed E-state index contributed by atoms with van der Waals surface area (Å²) >= 11 is 0. The number of carbonyl (C=O) groups excluding carboxylic acids is 1. The molecule has 0 aromatic carbocycles. The monoisotopic (exact) mass is 176 g/mol. The van der Waals surface area contributed by atoms with Crippen LogP contribution < -0.4 is 0 Å². The number of pyridine rings is 1. The van der Waals surface area contributed by atoms with E-state index in [0.717, 1.165) is 11.3 Å². The van der Waals surface area contributed by atoms with Crippen LogP contribution in [0, 0.1) is 6.92 Å². The first-order valence-electron chi connectivity index (χ1n) is 4.19. The number of aromatic nitrogens is 1. The van der Waals surface area contributed by atoms with Crippen molar-refractivity contribution in [1.82, 2.24) is 4.98 Å². The Bertz CT molecular complexity index is 352. The fourth-order valence-corrected chi connectivity index (χ4v) is 1.02. The summed E-state index contributed by atoms with van der Waals surface area (Å²) in [6.07, 6.45) is 3.34. The molecule has 0 radical (unpaired) electrons. The van der Waals surface area contributed by atoms with Crippen molar-refractivity contribution in [1.29, 1.82) is 0 Å². The average molecular weight is 176 g/mol. The Morgan fingerprint density at radius 1 is 1.54 bits per heavy atom. The number of hydrogen-bond acceptors (Lipinski definition) is 3. The van der Waals surface area contributed by atoms with Gasteiger partial charge in [-0.1, -0.05) is 13.8 Å². The summed E-state index contributed by atoms with van der Waals surface area (Å²) < 4.78 is 0. The molecule has 1 rings (SSSR count). The summed E-state index contributed by atoms with van der Waals surface area (Å²) in [6, 6.07) is 1.87. The Labute approximate surface area is 77.5 Å². The van der Waals surface area contributed by atoms with Crippen molar-refractivity contribution in [2.45, 2.75) is 26.7 Å². The molecule has 0 aliphatic carbocycles. The maximum Gasteiger partial charge on any atom is 0.240 e. The second-order valence-electron chi connectivity index (χ2n) is 3.23. The average Bonchev–Trinajstić information content (AvgIpc) is 2.08. The van der Waals surface area contributed by atoms with Crippen molar-refractivity contribution >= 4 is 11.8 Å². The first kappa shape index (κ1) is 9.62. The Kier molecular flexibility index (Phi) is 2.93. The Balaban J connectivity index is 3.18. The number of aryl methyl sites for hydroxylation is 1. The Hall–Kier alpha value is -1.47. The van der Waals surface area contributed by atoms with Crippen molar-refractivity contribution in [3.8, 4) is 0 Å². The summed E-state index contributed by atoms with van der Waals surface area (Å²) in [4.78, 5) is 17.8. The second kappa shape index (κ2) is 3.97. The highest BCUT2D eigenvalue weighted by atomic mass is 16.1. The first-order valence-corrected chi connectivity index (χ1v) is 4.19. The molecule has 13 heavy (non-hydrogen) atoms. The Morgan fingerprint density at radius 3 is 2.77 bits per heavy atom. The van der Waals surface area contributed by atoms with Crippen LogP contribution in [0.2, 0.25) is 0 Å². The molecule has 1 heterocycles. The van der Waals surface area contributed by atoms with E-state index in [0.29, 0.717) is 11.6 Å². The number of nitrogens with zero attached hydrogens (tertiary/aromatic N) is 2. The van der Waals surface area contributed by atoms with Gasteiger partial charge in [0.25, 0.3) is 0 Å². The molecule has 0 amide bonds. The van der Waals surface area contributed by atoms with Crippen LogP contribution in [0.5, 0.6) is 0 Å². The van der Waals surface area contributed by atoms with E-state index in [-0.39, 0.29) is 0 Å². The first-order chi connectivity index (χ1) is 6.15. The van der Waals surface area contributed by atoms with Crippen LogP contribution in [0.3, 0.4) is 0 Å². The third-order valence-corrected chi connectivity index (χ3v) is 1.91. The molecule has 68 valence electrons. The van der Waals surface area contributed by atoms with Crippen molar-refractivity contribution in [3.05, 3.63) is 23.5 Å². The van der Waals surface area contributed by atoms with Crippen molar-refractivity contribution in [2.75, 3.05) is 0 Å². The topological polar surface area (TPSA) is 42.3 Å². The zero-order chi connectivity index (χ0) is 9.84. The lowest BCUT2D eigenvalue weighted by Crippen LogP contribution is -1.90. The van der Waals surface area contributed by atoms with Crippen LogP contribution in [0.25, 0.3) is 0 Å². The molecule has 0 atom stereocenters. The highest BCUT2D eigenvalue weighted by Gasteiger charge is 2.03. The summed E-state index contributed by atoms with van der Waals surface area (Å²) in [5.74, 6) is 0.397. The summed E-state index contributed by atoms with van der Waals surface area (Å²) in [5, 5.41) is 0. The minimum absolute atomic E-state index is 0.397. The van der Waals surface area contributed by atoms with Crippen LogP contribution in [0.1, 0.15) is 31.0 Å². The van der Waals surface area contributed by atoms with Crippen LogP contribution in [0.4, 0.5) is 5.69 Å². The van der Waals surface area contributed by atoms with Gasteiger partial charge in [-0.25, -0.2) is 4.79 Å². The van der Waals surface area contributed by atoms with Gasteiger partial charge in [-0.2, -0.15) is 4.99 Å². The molecule has 1 aromatic rings. The van der Waals surface area contributed by atoms with E-state index < -0.39 is 0 Å². The predicted octanol–water partition coefficient (Wildman–Crippen LogP) is 2.48. The number of isocyanates is 1. The summed E-state index contributed by atoms with van der Waals surface area (Å²) in [5.41, 5.74) is 2.45. The van der Waals surface area contributed by atoms with Crippen LogP contribution in [-0.2, 0) is 4.79 Å². The van der Waals surface area contributed by atoms with Gasteiger partial charge < -0.3 is 0 Å². The lowest BCUT2D eigenvalue weighted by atomic mass is 10.1. The van der Waals surface area contributed by atoms with E-state index >= 15 is 0 Å². The van der Waals surface area contributed by atoms with E-state index in [1.54, 1.807) is 0 Å². The van der Waals surface area contributed by atoms with Gasteiger partial charge in [-0.3, -0.25) is 4.98 Å². The van der Waals surface area contributed by atoms with Gasteiger partial charge in [0.1, 0.15) is 0 Å². The largest absolute Gasteiger partial charge is 0.259 e. The highest BCUT2D eigenvalue weighted by Crippen LogP contribution is 2.21. The molecule has 1 aromatic heterocycles. The zero-order valence-corrected chi connectivity index (χ0v) is 8.03. The summed E-state index contributed by atoms with van der Waals surface area (Å²) in [6.45, 7) is 5.96. The molecule has 0 aliphatic rings. The van der Waals surface area contributed by atoms with Crippen LogP contribution >= 0.6 is 0 Å². The third-order valence-electron chi connectivity index (χ3n) is 1.91. The van der Waals surface area contributed by atoms with Crippen molar-refractivity contribution in [3.63, 3.8) is 0 Å².